The summed E-state index contributed by atoms with van der Waals surface area (Å²) in [7, 11) is 0. The van der Waals surface area contributed by atoms with Crippen molar-refractivity contribution in [2.45, 2.75) is 33.6 Å². The molecule has 1 heteroatoms. The van der Waals surface area contributed by atoms with Gasteiger partial charge in [-0.05, 0) is 46.2 Å². The van der Waals surface area contributed by atoms with E-state index in [1.165, 1.54) is 28.0 Å². The molecule has 0 radical (unpaired) electrons. The molecule has 2 aromatic rings. The van der Waals surface area contributed by atoms with Crippen molar-refractivity contribution < 1.29 is 0 Å². The normalized spacial score (nSPS) is 17.2. The van der Waals surface area contributed by atoms with Gasteiger partial charge in [0.25, 0.3) is 0 Å². The minimum Gasteiger partial charge on any atom is -0.260 e. The summed E-state index contributed by atoms with van der Waals surface area (Å²) in [4.78, 5) is 4.73. The molecule has 0 amide bonds. The molecule has 1 aliphatic carbocycles. The van der Waals surface area contributed by atoms with Gasteiger partial charge < -0.3 is 0 Å². The van der Waals surface area contributed by atoms with E-state index >= 15 is 0 Å². The van der Waals surface area contributed by atoms with Crippen LogP contribution >= 0.6 is 0 Å². The molecular formula is C20H23N. The maximum atomic E-state index is 4.73. The zero-order valence-electron chi connectivity index (χ0n) is 13.3. The lowest BCUT2D eigenvalue weighted by Crippen LogP contribution is -2.12. The minimum absolute atomic E-state index is 0.366. The highest BCUT2D eigenvalue weighted by molar-refractivity contribution is 5.86. The van der Waals surface area contributed by atoms with Gasteiger partial charge in [-0.3, -0.25) is 4.98 Å². The molecule has 1 aromatic heterocycles. The Morgan fingerprint density at radius 1 is 0.952 bits per heavy atom. The fourth-order valence-corrected chi connectivity index (χ4v) is 3.39. The van der Waals surface area contributed by atoms with Crippen LogP contribution in [-0.2, 0) is 0 Å². The van der Waals surface area contributed by atoms with E-state index < -0.39 is 0 Å². The first-order valence-corrected chi connectivity index (χ1v) is 7.85. The average Bonchev–Trinajstić information content (AvgIpc) is 2.61. The molecule has 3 rings (SSSR count). The second-order valence-electron chi connectivity index (χ2n) is 6.54. The molecule has 0 saturated heterocycles. The highest BCUT2D eigenvalue weighted by Gasteiger charge is 2.28. The fraction of sp³-hybridized carbons (Fsp3) is 0.350. The first-order valence-electron chi connectivity index (χ1n) is 7.85. The van der Waals surface area contributed by atoms with Gasteiger partial charge >= 0.3 is 0 Å². The molecule has 1 atom stereocenters. The molecule has 1 nitrogen and oxygen atoms in total. The highest BCUT2D eigenvalue weighted by Crippen LogP contribution is 2.42. The van der Waals surface area contributed by atoms with Crippen molar-refractivity contribution in [1.29, 1.82) is 0 Å². The Hall–Kier alpha value is -1.89. The second-order valence-corrected chi connectivity index (χ2v) is 6.54. The number of aromatic nitrogens is 1. The van der Waals surface area contributed by atoms with Crippen LogP contribution in [0.15, 0.2) is 42.6 Å². The molecule has 0 aliphatic heterocycles. The van der Waals surface area contributed by atoms with Gasteiger partial charge in [-0.15, -0.1) is 0 Å². The molecule has 108 valence electrons. The molecule has 1 heterocycles. The zero-order valence-corrected chi connectivity index (χ0v) is 13.3. The van der Waals surface area contributed by atoms with Crippen LogP contribution in [0.1, 0.15) is 56.0 Å². The summed E-state index contributed by atoms with van der Waals surface area (Å²) in [5, 5.41) is 0. The third-order valence-electron chi connectivity index (χ3n) is 4.37. The Morgan fingerprint density at radius 3 is 2.43 bits per heavy atom. The van der Waals surface area contributed by atoms with E-state index in [2.05, 4.69) is 64.1 Å². The van der Waals surface area contributed by atoms with Crippen LogP contribution in [-0.4, -0.2) is 4.98 Å². The number of hydrogen-bond acceptors (Lipinski definition) is 1. The second kappa shape index (κ2) is 5.48. The molecule has 0 fully saturated rings. The molecule has 1 aliphatic rings. The SMILES string of the molecule is CC(C)C1=Cc2cccnc2C(C(C)C)c2ccccc21. The third kappa shape index (κ3) is 2.42. The highest BCUT2D eigenvalue weighted by atomic mass is 14.7. The van der Waals surface area contributed by atoms with Gasteiger partial charge in [0.1, 0.15) is 0 Å². The van der Waals surface area contributed by atoms with E-state index in [4.69, 9.17) is 4.98 Å². The van der Waals surface area contributed by atoms with Crippen molar-refractivity contribution in [2.24, 2.45) is 11.8 Å². The van der Waals surface area contributed by atoms with Crippen LogP contribution < -0.4 is 0 Å². The van der Waals surface area contributed by atoms with Crippen molar-refractivity contribution in [3.05, 3.63) is 65.0 Å². The number of pyridine rings is 1. The Balaban J connectivity index is 2.34. The van der Waals surface area contributed by atoms with E-state index in [1.54, 1.807) is 0 Å². The van der Waals surface area contributed by atoms with Crippen LogP contribution in [0.5, 0.6) is 0 Å². The van der Waals surface area contributed by atoms with Gasteiger partial charge in [0.05, 0.1) is 5.69 Å². The van der Waals surface area contributed by atoms with E-state index in [-0.39, 0.29) is 0 Å². The van der Waals surface area contributed by atoms with Gasteiger partial charge in [0.2, 0.25) is 0 Å². The summed E-state index contributed by atoms with van der Waals surface area (Å²) < 4.78 is 0. The standard InChI is InChI=1S/C20H23N/c1-13(2)18-12-15-8-7-11-21-20(15)19(14(3)4)17-10-6-5-9-16(17)18/h5-14,19H,1-4H3. The first kappa shape index (κ1) is 14.1. The molecule has 1 unspecified atom stereocenters. The van der Waals surface area contributed by atoms with Crippen molar-refractivity contribution in [2.75, 3.05) is 0 Å². The zero-order chi connectivity index (χ0) is 15.0. The van der Waals surface area contributed by atoms with Crippen molar-refractivity contribution in [3.63, 3.8) is 0 Å². The lowest BCUT2D eigenvalue weighted by molar-refractivity contribution is 0.551. The predicted octanol–water partition coefficient (Wildman–Crippen LogP) is 5.38. The summed E-state index contributed by atoms with van der Waals surface area (Å²) in [5.41, 5.74) is 6.73. The molecule has 0 N–H and O–H groups in total. The predicted molar refractivity (Wildman–Crippen MR) is 90.1 cm³/mol. The lowest BCUT2D eigenvalue weighted by atomic mass is 9.81. The Bertz CT molecular complexity index is 680. The van der Waals surface area contributed by atoms with Crippen molar-refractivity contribution >= 4 is 11.6 Å². The quantitative estimate of drug-likeness (QED) is 0.718. The van der Waals surface area contributed by atoms with Crippen LogP contribution in [0.2, 0.25) is 0 Å². The number of allylic oxidation sites excluding steroid dienone is 1. The number of nitrogens with zero attached hydrogens (tertiary/aromatic N) is 1. The molecule has 21 heavy (non-hydrogen) atoms. The van der Waals surface area contributed by atoms with Crippen LogP contribution in [0.3, 0.4) is 0 Å². The maximum Gasteiger partial charge on any atom is 0.0553 e. The summed E-state index contributed by atoms with van der Waals surface area (Å²) >= 11 is 0. The summed E-state index contributed by atoms with van der Waals surface area (Å²) in [6, 6.07) is 13.1. The van der Waals surface area contributed by atoms with Crippen LogP contribution in [0.25, 0.3) is 11.6 Å². The molecule has 1 aromatic carbocycles. The van der Waals surface area contributed by atoms with Crippen molar-refractivity contribution in [1.82, 2.24) is 4.98 Å². The van der Waals surface area contributed by atoms with E-state index in [1.807, 2.05) is 12.3 Å². The summed E-state index contributed by atoms with van der Waals surface area (Å²) in [5.74, 6) is 1.40. The van der Waals surface area contributed by atoms with E-state index in [0.717, 1.165) is 0 Å². The smallest absolute Gasteiger partial charge is 0.0553 e. The van der Waals surface area contributed by atoms with Gasteiger partial charge in [0, 0.05) is 12.1 Å². The maximum absolute atomic E-state index is 4.73. The lowest BCUT2D eigenvalue weighted by Gasteiger charge is -2.24. The summed E-state index contributed by atoms with van der Waals surface area (Å²) in [6.45, 7) is 9.13. The molecular weight excluding hydrogens is 254 g/mol. The third-order valence-corrected chi connectivity index (χ3v) is 4.37. The average molecular weight is 277 g/mol. The number of benzene rings is 1. The van der Waals surface area contributed by atoms with E-state index in [9.17, 15) is 0 Å². The molecule has 0 spiro atoms. The van der Waals surface area contributed by atoms with Crippen LogP contribution in [0, 0.1) is 11.8 Å². The Morgan fingerprint density at radius 2 is 1.71 bits per heavy atom. The number of rotatable bonds is 2. The summed E-state index contributed by atoms with van der Waals surface area (Å²) in [6.07, 6.45) is 4.26. The molecule has 0 saturated carbocycles. The van der Waals surface area contributed by atoms with E-state index in [0.29, 0.717) is 17.8 Å². The molecule has 0 bridgehead atoms. The van der Waals surface area contributed by atoms with Gasteiger partial charge in [-0.1, -0.05) is 58.0 Å². The fourth-order valence-electron chi connectivity index (χ4n) is 3.39. The Kier molecular flexibility index (Phi) is 3.67. The topological polar surface area (TPSA) is 12.9 Å². The Labute approximate surface area is 127 Å². The number of fused-ring (bicyclic) bond motifs is 2. The minimum atomic E-state index is 0.366. The van der Waals surface area contributed by atoms with Crippen molar-refractivity contribution in [3.8, 4) is 0 Å². The monoisotopic (exact) mass is 277 g/mol. The number of hydrogen-bond donors (Lipinski definition) is 0. The van der Waals surface area contributed by atoms with Gasteiger partial charge in [-0.2, -0.15) is 0 Å². The van der Waals surface area contributed by atoms with Gasteiger partial charge in [-0.25, -0.2) is 0 Å². The van der Waals surface area contributed by atoms with Gasteiger partial charge in [0.15, 0.2) is 0 Å². The largest absolute Gasteiger partial charge is 0.260 e. The van der Waals surface area contributed by atoms with Crippen LogP contribution in [0.4, 0.5) is 0 Å². The first-order chi connectivity index (χ1) is 10.1.